The van der Waals surface area contributed by atoms with Gasteiger partial charge in [-0.25, -0.2) is 4.98 Å². The largest absolute Gasteiger partial charge is 0.383 e. The number of imidazole rings is 1. The fourth-order valence-corrected chi connectivity index (χ4v) is 2.40. The third-order valence-corrected chi connectivity index (χ3v) is 3.70. The van der Waals surface area contributed by atoms with E-state index in [2.05, 4.69) is 15.6 Å². The van der Waals surface area contributed by atoms with Gasteiger partial charge in [0.05, 0.1) is 6.61 Å². The van der Waals surface area contributed by atoms with Gasteiger partial charge in [-0.1, -0.05) is 23.7 Å². The van der Waals surface area contributed by atoms with Crippen molar-refractivity contribution >= 4 is 28.9 Å². The Hall–Kier alpha value is -1.63. The van der Waals surface area contributed by atoms with Crippen LogP contribution in [0.3, 0.4) is 0 Å². The maximum absolute atomic E-state index is 5.97. The van der Waals surface area contributed by atoms with Crippen LogP contribution in [-0.4, -0.2) is 34.9 Å². The van der Waals surface area contributed by atoms with Gasteiger partial charge in [0.15, 0.2) is 5.11 Å². The zero-order valence-corrected chi connectivity index (χ0v) is 14.1. The summed E-state index contributed by atoms with van der Waals surface area (Å²) < 4.78 is 6.97. The van der Waals surface area contributed by atoms with E-state index in [1.54, 1.807) is 13.3 Å². The van der Waals surface area contributed by atoms with Crippen LogP contribution in [0, 0.1) is 0 Å². The molecule has 0 fully saturated rings. The zero-order valence-electron chi connectivity index (χ0n) is 12.5. The summed E-state index contributed by atoms with van der Waals surface area (Å²) in [4.78, 5) is 4.42. The van der Waals surface area contributed by atoms with Crippen molar-refractivity contribution in [2.75, 3.05) is 20.3 Å². The van der Waals surface area contributed by atoms with Crippen molar-refractivity contribution in [3.63, 3.8) is 0 Å². The first kappa shape index (κ1) is 16.7. The molecule has 5 nitrogen and oxygen atoms in total. The van der Waals surface area contributed by atoms with Gasteiger partial charge in [0.1, 0.15) is 11.9 Å². The van der Waals surface area contributed by atoms with Crippen LogP contribution in [0.1, 0.15) is 17.4 Å². The Kier molecular flexibility index (Phi) is 6.18. The number of thiocarbonyl (C=S) groups is 1. The second-order valence-electron chi connectivity index (χ2n) is 4.77. The first-order valence-corrected chi connectivity index (χ1v) is 7.66. The van der Waals surface area contributed by atoms with Gasteiger partial charge < -0.3 is 19.9 Å². The highest BCUT2D eigenvalue weighted by Gasteiger charge is 2.19. The predicted molar refractivity (Wildman–Crippen MR) is 92.1 cm³/mol. The van der Waals surface area contributed by atoms with Crippen molar-refractivity contribution in [3.05, 3.63) is 53.1 Å². The van der Waals surface area contributed by atoms with Crippen molar-refractivity contribution in [1.29, 1.82) is 0 Å². The molecule has 0 unspecified atom stereocenters. The molecule has 118 valence electrons. The van der Waals surface area contributed by atoms with Gasteiger partial charge in [-0.05, 0) is 29.9 Å². The molecule has 2 rings (SSSR count). The molecule has 0 aliphatic heterocycles. The minimum Gasteiger partial charge on any atom is -0.383 e. The number of aromatic nitrogens is 2. The summed E-state index contributed by atoms with van der Waals surface area (Å²) in [6, 6.07) is 7.49. The molecular formula is C15H19ClN4OS. The molecule has 1 aromatic carbocycles. The lowest BCUT2D eigenvalue weighted by atomic mass is 10.1. The molecule has 0 saturated heterocycles. The smallest absolute Gasteiger partial charge is 0.167 e. The number of methoxy groups -OCH3 is 1. The fraction of sp³-hybridized carbons (Fsp3) is 0.333. The van der Waals surface area contributed by atoms with Crippen molar-refractivity contribution in [2.45, 2.75) is 6.04 Å². The Labute approximate surface area is 140 Å². The Morgan fingerprint density at radius 2 is 2.14 bits per heavy atom. The van der Waals surface area contributed by atoms with Crippen molar-refractivity contribution in [3.8, 4) is 0 Å². The lowest BCUT2D eigenvalue weighted by molar-refractivity contribution is 0.204. The number of nitrogens with one attached hydrogen (secondary N) is 2. The quantitative estimate of drug-likeness (QED) is 0.625. The van der Waals surface area contributed by atoms with Gasteiger partial charge in [0.2, 0.25) is 0 Å². The Bertz CT molecular complexity index is 614. The molecule has 0 radical (unpaired) electrons. The molecule has 2 N–H and O–H groups in total. The highest BCUT2D eigenvalue weighted by molar-refractivity contribution is 7.80. The molecule has 0 spiro atoms. The molecule has 1 atom stereocenters. The summed E-state index contributed by atoms with van der Waals surface area (Å²) >= 11 is 11.3. The van der Waals surface area contributed by atoms with E-state index in [4.69, 9.17) is 28.6 Å². The predicted octanol–water partition coefficient (Wildman–Crippen LogP) is 2.27. The lowest BCUT2D eigenvalue weighted by Gasteiger charge is -2.21. The number of ether oxygens (including phenoxy) is 1. The first-order valence-electron chi connectivity index (χ1n) is 6.88. The summed E-state index contributed by atoms with van der Waals surface area (Å²) in [5.41, 5.74) is 1.04. The molecule has 0 bridgehead atoms. The van der Waals surface area contributed by atoms with Crippen LogP contribution in [-0.2, 0) is 11.8 Å². The Morgan fingerprint density at radius 3 is 2.73 bits per heavy atom. The summed E-state index contributed by atoms with van der Waals surface area (Å²) in [6.07, 6.45) is 3.67. The van der Waals surface area contributed by atoms with E-state index in [1.807, 2.05) is 42.1 Å². The van der Waals surface area contributed by atoms with Crippen LogP contribution in [0.2, 0.25) is 5.02 Å². The fourth-order valence-electron chi connectivity index (χ4n) is 2.06. The lowest BCUT2D eigenvalue weighted by Crippen LogP contribution is -2.40. The highest BCUT2D eigenvalue weighted by Crippen LogP contribution is 2.22. The Balaban J connectivity index is 2.17. The van der Waals surface area contributed by atoms with E-state index in [1.165, 1.54) is 0 Å². The highest BCUT2D eigenvalue weighted by atomic mass is 35.5. The van der Waals surface area contributed by atoms with Gasteiger partial charge in [-0.2, -0.15) is 0 Å². The van der Waals surface area contributed by atoms with E-state index >= 15 is 0 Å². The number of hydrogen-bond donors (Lipinski definition) is 2. The second-order valence-corrected chi connectivity index (χ2v) is 5.62. The van der Waals surface area contributed by atoms with Crippen LogP contribution in [0.15, 0.2) is 36.7 Å². The SMILES string of the molecule is COCCNC(=S)N[C@@H](c1ccc(Cl)cc1)c1nccn1C. The van der Waals surface area contributed by atoms with Gasteiger partial charge in [0, 0.05) is 38.1 Å². The molecule has 2 aromatic rings. The molecule has 22 heavy (non-hydrogen) atoms. The van der Waals surface area contributed by atoms with Gasteiger partial charge >= 0.3 is 0 Å². The second kappa shape index (κ2) is 8.12. The van der Waals surface area contributed by atoms with Crippen LogP contribution in [0.5, 0.6) is 0 Å². The summed E-state index contributed by atoms with van der Waals surface area (Å²) in [5.74, 6) is 0.873. The minimum absolute atomic E-state index is 0.153. The normalized spacial score (nSPS) is 12.0. The molecule has 7 heteroatoms. The van der Waals surface area contributed by atoms with Gasteiger partial charge in [-0.3, -0.25) is 0 Å². The average Bonchev–Trinajstić information content (AvgIpc) is 2.92. The molecule has 0 aliphatic rings. The van der Waals surface area contributed by atoms with Gasteiger partial charge in [-0.15, -0.1) is 0 Å². The average molecular weight is 339 g/mol. The van der Waals surface area contributed by atoms with Crippen LogP contribution < -0.4 is 10.6 Å². The molecule has 0 aliphatic carbocycles. The standard InChI is InChI=1S/C15H19ClN4OS/c1-20-9-7-17-14(20)13(11-3-5-12(16)6-4-11)19-15(22)18-8-10-21-2/h3-7,9,13H,8,10H2,1-2H3,(H2,18,19,22)/t13-/m0/s1. The number of aryl methyl sites for hydroxylation is 1. The van der Waals surface area contributed by atoms with E-state index in [0.29, 0.717) is 23.3 Å². The summed E-state index contributed by atoms with van der Waals surface area (Å²) in [5, 5.41) is 7.65. The first-order chi connectivity index (χ1) is 10.6. The van der Waals surface area contributed by atoms with Crippen LogP contribution in [0.4, 0.5) is 0 Å². The van der Waals surface area contributed by atoms with E-state index in [9.17, 15) is 0 Å². The van der Waals surface area contributed by atoms with Crippen LogP contribution in [0.25, 0.3) is 0 Å². The molecular weight excluding hydrogens is 320 g/mol. The molecule has 1 aromatic heterocycles. The third-order valence-electron chi connectivity index (χ3n) is 3.19. The van der Waals surface area contributed by atoms with Crippen molar-refractivity contribution in [2.24, 2.45) is 7.05 Å². The Morgan fingerprint density at radius 1 is 1.41 bits per heavy atom. The topological polar surface area (TPSA) is 51.1 Å². The van der Waals surface area contributed by atoms with E-state index in [0.717, 1.165) is 11.4 Å². The summed E-state index contributed by atoms with van der Waals surface area (Å²) in [6.45, 7) is 1.24. The molecule has 0 amide bonds. The van der Waals surface area contributed by atoms with E-state index < -0.39 is 0 Å². The van der Waals surface area contributed by atoms with Crippen molar-refractivity contribution < 1.29 is 4.74 Å². The number of nitrogens with zero attached hydrogens (tertiary/aromatic N) is 2. The number of halogens is 1. The van der Waals surface area contributed by atoms with Gasteiger partial charge in [0.25, 0.3) is 0 Å². The van der Waals surface area contributed by atoms with Crippen LogP contribution >= 0.6 is 23.8 Å². The maximum atomic E-state index is 5.97. The zero-order chi connectivity index (χ0) is 15.9. The minimum atomic E-state index is -0.153. The number of rotatable bonds is 6. The molecule has 1 heterocycles. The number of hydrogen-bond acceptors (Lipinski definition) is 3. The monoisotopic (exact) mass is 338 g/mol. The van der Waals surface area contributed by atoms with E-state index in [-0.39, 0.29) is 6.04 Å². The van der Waals surface area contributed by atoms with Crippen molar-refractivity contribution in [1.82, 2.24) is 20.2 Å². The summed E-state index contributed by atoms with van der Waals surface area (Å²) in [7, 11) is 3.61. The maximum Gasteiger partial charge on any atom is 0.167 e. The third kappa shape index (κ3) is 4.43. The molecule has 0 saturated carbocycles. The number of benzene rings is 1.